The molecule has 0 spiro atoms. The van der Waals surface area contributed by atoms with E-state index < -0.39 is 17.5 Å². The molecule has 2 aromatic carbocycles. The highest BCUT2D eigenvalue weighted by molar-refractivity contribution is 5.78. The average molecular weight is 340 g/mol. The molecule has 0 aliphatic rings. The lowest BCUT2D eigenvalue weighted by Gasteiger charge is -2.15. The molecule has 25 heavy (non-hydrogen) atoms. The smallest absolute Gasteiger partial charge is 0.278 e. The number of benzene rings is 2. The molecule has 1 heterocycles. The number of rotatable bonds is 4. The average Bonchev–Trinajstić information content (AvgIpc) is 2.57. The lowest BCUT2D eigenvalue weighted by Crippen LogP contribution is -2.35. The number of amides is 1. The molecule has 0 aliphatic heterocycles. The molecule has 7 heteroatoms. The van der Waals surface area contributed by atoms with Crippen molar-refractivity contribution in [2.24, 2.45) is 0 Å². The number of nitrogens with zero attached hydrogens (tertiary/aromatic N) is 3. The summed E-state index contributed by atoms with van der Waals surface area (Å²) in [6.07, 6.45) is 0. The Bertz CT molecular complexity index is 1000. The number of nitrogens with one attached hydrogen (secondary N) is 1. The van der Waals surface area contributed by atoms with Crippen molar-refractivity contribution in [3.8, 4) is 0 Å². The molecule has 0 saturated carbocycles. The molecule has 0 saturated heterocycles. The van der Waals surface area contributed by atoms with Gasteiger partial charge in [-0.25, -0.2) is 9.07 Å². The molecule has 1 unspecified atom stereocenters. The molecule has 3 aromatic rings. The maximum atomic E-state index is 14.0. The number of carbonyl (C=O) groups excluding carboxylic acids is 1. The van der Waals surface area contributed by atoms with Gasteiger partial charge in [0, 0.05) is 5.56 Å². The van der Waals surface area contributed by atoms with Crippen LogP contribution in [0.15, 0.2) is 47.3 Å². The van der Waals surface area contributed by atoms with E-state index in [2.05, 4.69) is 15.6 Å². The van der Waals surface area contributed by atoms with Crippen LogP contribution in [0, 0.1) is 12.7 Å². The van der Waals surface area contributed by atoms with Crippen molar-refractivity contribution in [2.45, 2.75) is 26.4 Å². The number of hydrogen-bond acceptors (Lipinski definition) is 4. The molecular weight excluding hydrogens is 323 g/mol. The summed E-state index contributed by atoms with van der Waals surface area (Å²) in [7, 11) is 0. The maximum absolute atomic E-state index is 14.0. The van der Waals surface area contributed by atoms with E-state index in [9.17, 15) is 14.0 Å². The van der Waals surface area contributed by atoms with Crippen LogP contribution in [-0.4, -0.2) is 20.9 Å². The van der Waals surface area contributed by atoms with Gasteiger partial charge in [-0.3, -0.25) is 9.59 Å². The fraction of sp³-hybridized carbons (Fsp3) is 0.222. The molecule has 0 fully saturated rings. The molecule has 0 aliphatic carbocycles. The van der Waals surface area contributed by atoms with Crippen molar-refractivity contribution < 1.29 is 9.18 Å². The van der Waals surface area contributed by atoms with E-state index in [4.69, 9.17) is 0 Å². The first kappa shape index (κ1) is 16.8. The highest BCUT2D eigenvalue weighted by Gasteiger charge is 2.15. The Morgan fingerprint density at radius 2 is 2.04 bits per heavy atom. The van der Waals surface area contributed by atoms with Gasteiger partial charge < -0.3 is 5.32 Å². The van der Waals surface area contributed by atoms with Gasteiger partial charge in [-0.2, -0.15) is 0 Å². The van der Waals surface area contributed by atoms with Gasteiger partial charge in [-0.1, -0.05) is 29.5 Å². The molecular formula is C18H17FN4O2. The van der Waals surface area contributed by atoms with Crippen LogP contribution in [0.2, 0.25) is 0 Å². The first-order valence-corrected chi connectivity index (χ1v) is 7.83. The lowest BCUT2D eigenvalue weighted by atomic mass is 10.1. The summed E-state index contributed by atoms with van der Waals surface area (Å²) < 4.78 is 15.0. The Balaban J connectivity index is 1.76. The highest BCUT2D eigenvalue weighted by Crippen LogP contribution is 2.17. The third-order valence-corrected chi connectivity index (χ3v) is 3.92. The summed E-state index contributed by atoms with van der Waals surface area (Å²) in [6.45, 7) is 3.19. The predicted molar refractivity (Wildman–Crippen MR) is 91.5 cm³/mol. The number of halogens is 1. The third kappa shape index (κ3) is 3.55. The number of fused-ring (bicyclic) bond motifs is 1. The molecule has 6 nitrogen and oxygen atoms in total. The third-order valence-electron chi connectivity index (χ3n) is 3.92. The molecule has 1 amide bonds. The van der Waals surface area contributed by atoms with Crippen LogP contribution in [0.25, 0.3) is 10.9 Å². The molecule has 1 N–H and O–H groups in total. The topological polar surface area (TPSA) is 76.9 Å². The van der Waals surface area contributed by atoms with Crippen LogP contribution < -0.4 is 10.9 Å². The second-order valence-corrected chi connectivity index (χ2v) is 5.88. The van der Waals surface area contributed by atoms with Gasteiger partial charge in [0.2, 0.25) is 5.91 Å². The number of aryl methyl sites for hydroxylation is 1. The van der Waals surface area contributed by atoms with Crippen LogP contribution >= 0.6 is 0 Å². The van der Waals surface area contributed by atoms with Crippen molar-refractivity contribution in [3.05, 3.63) is 69.8 Å². The number of hydrogen-bond donors (Lipinski definition) is 1. The van der Waals surface area contributed by atoms with E-state index in [0.717, 1.165) is 10.2 Å². The van der Waals surface area contributed by atoms with Gasteiger partial charge in [0.25, 0.3) is 5.56 Å². The molecule has 0 radical (unpaired) electrons. The van der Waals surface area contributed by atoms with Crippen molar-refractivity contribution >= 4 is 16.8 Å². The van der Waals surface area contributed by atoms with E-state index in [-0.39, 0.29) is 12.4 Å². The summed E-state index contributed by atoms with van der Waals surface area (Å²) in [4.78, 5) is 24.5. The largest absolute Gasteiger partial charge is 0.348 e. The normalized spacial score (nSPS) is 12.1. The van der Waals surface area contributed by atoms with E-state index in [0.29, 0.717) is 16.5 Å². The van der Waals surface area contributed by atoms with Crippen LogP contribution in [-0.2, 0) is 11.3 Å². The molecule has 1 atom stereocenters. The Labute approximate surface area is 143 Å². The second kappa shape index (κ2) is 6.80. The van der Waals surface area contributed by atoms with Gasteiger partial charge >= 0.3 is 0 Å². The number of carbonyl (C=O) groups is 1. The van der Waals surface area contributed by atoms with Crippen LogP contribution in [0.3, 0.4) is 0 Å². The summed E-state index contributed by atoms with van der Waals surface area (Å²) >= 11 is 0. The fourth-order valence-corrected chi connectivity index (χ4v) is 2.61. The van der Waals surface area contributed by atoms with Gasteiger partial charge in [-0.05, 0) is 37.6 Å². The zero-order valence-electron chi connectivity index (χ0n) is 13.9. The zero-order chi connectivity index (χ0) is 18.0. The Morgan fingerprint density at radius 3 is 2.80 bits per heavy atom. The maximum Gasteiger partial charge on any atom is 0.278 e. The van der Waals surface area contributed by atoms with Gasteiger partial charge in [0.05, 0.1) is 11.4 Å². The minimum atomic E-state index is -0.530. The van der Waals surface area contributed by atoms with Crippen LogP contribution in [0.5, 0.6) is 0 Å². The fourth-order valence-electron chi connectivity index (χ4n) is 2.61. The minimum Gasteiger partial charge on any atom is -0.348 e. The van der Waals surface area contributed by atoms with E-state index >= 15 is 0 Å². The lowest BCUT2D eigenvalue weighted by molar-refractivity contribution is -0.122. The molecule has 128 valence electrons. The predicted octanol–water partition coefficient (Wildman–Crippen LogP) is 2.12. The monoisotopic (exact) mass is 340 g/mol. The van der Waals surface area contributed by atoms with Gasteiger partial charge in [0.15, 0.2) is 0 Å². The van der Waals surface area contributed by atoms with Crippen LogP contribution in [0.4, 0.5) is 4.39 Å². The van der Waals surface area contributed by atoms with Crippen molar-refractivity contribution in [2.75, 3.05) is 0 Å². The molecule has 3 rings (SSSR count). The molecule has 1 aromatic heterocycles. The summed E-state index contributed by atoms with van der Waals surface area (Å²) in [5, 5.41) is 10.8. The first-order chi connectivity index (χ1) is 12.0. The standard InChI is InChI=1S/C18H17FN4O2/c1-11-7-8-13(15(19)9-11)12(2)20-17(24)10-23-18(25)14-5-3-4-6-16(14)21-22-23/h3-9,12H,10H2,1-2H3,(H,20,24). The van der Waals surface area contributed by atoms with Crippen LogP contribution in [0.1, 0.15) is 24.1 Å². The summed E-state index contributed by atoms with van der Waals surface area (Å²) in [5.74, 6) is -0.824. The Kier molecular flexibility index (Phi) is 4.56. The Hall–Kier alpha value is -3.09. The van der Waals surface area contributed by atoms with Gasteiger partial charge in [0.1, 0.15) is 17.9 Å². The SMILES string of the molecule is Cc1ccc(C(C)NC(=O)Cn2nnc3ccccc3c2=O)c(F)c1. The summed E-state index contributed by atoms with van der Waals surface area (Å²) in [6, 6.07) is 11.1. The van der Waals surface area contributed by atoms with E-state index in [1.165, 1.54) is 6.07 Å². The molecule has 0 bridgehead atoms. The quantitative estimate of drug-likeness (QED) is 0.789. The van der Waals surface area contributed by atoms with Gasteiger partial charge in [-0.15, -0.1) is 5.10 Å². The summed E-state index contributed by atoms with van der Waals surface area (Å²) in [5.41, 5.74) is 1.27. The Morgan fingerprint density at radius 1 is 1.28 bits per heavy atom. The van der Waals surface area contributed by atoms with Crippen molar-refractivity contribution in [1.29, 1.82) is 0 Å². The zero-order valence-corrected chi connectivity index (χ0v) is 13.9. The second-order valence-electron chi connectivity index (χ2n) is 5.88. The van der Waals surface area contributed by atoms with E-state index in [1.54, 1.807) is 50.2 Å². The van der Waals surface area contributed by atoms with Crippen molar-refractivity contribution in [3.63, 3.8) is 0 Å². The number of aromatic nitrogens is 3. The van der Waals surface area contributed by atoms with Crippen molar-refractivity contribution in [1.82, 2.24) is 20.3 Å². The minimum absolute atomic E-state index is 0.283. The first-order valence-electron chi connectivity index (χ1n) is 7.83. The highest BCUT2D eigenvalue weighted by atomic mass is 19.1. The van der Waals surface area contributed by atoms with E-state index in [1.807, 2.05) is 0 Å².